The van der Waals surface area contributed by atoms with Crippen molar-refractivity contribution in [2.24, 2.45) is 0 Å². The summed E-state index contributed by atoms with van der Waals surface area (Å²) in [6.45, 7) is 1.22. The van der Waals surface area contributed by atoms with Crippen LogP contribution in [0.25, 0.3) is 0 Å². The van der Waals surface area contributed by atoms with Gasteiger partial charge in [0.1, 0.15) is 0 Å². The Morgan fingerprint density at radius 1 is 0.944 bits per heavy atom. The number of carboxylic acid groups (broad SMARTS) is 4. The highest BCUT2D eigenvalue weighted by Gasteiger charge is 2.00. The Bertz CT molecular complexity index is 391. The number of rotatable bonds is 5. The van der Waals surface area contributed by atoms with Crippen molar-refractivity contribution in [2.45, 2.75) is 13.3 Å². The fourth-order valence-corrected chi connectivity index (χ4v) is 0.508. The van der Waals surface area contributed by atoms with Crippen molar-refractivity contribution >= 4 is 23.9 Å². The molecule has 0 bridgehead atoms. The van der Waals surface area contributed by atoms with Crippen LogP contribution >= 0.6 is 0 Å². The molecule has 0 aliphatic carbocycles. The van der Waals surface area contributed by atoms with Crippen LogP contribution in [-0.4, -0.2) is 44.3 Å². The third-order valence-electron chi connectivity index (χ3n) is 1.23. The van der Waals surface area contributed by atoms with Gasteiger partial charge >= 0.3 is 23.9 Å². The lowest BCUT2D eigenvalue weighted by molar-refractivity contribution is -0.136. The molecule has 0 saturated heterocycles. The molecule has 0 fully saturated rings. The minimum absolute atomic E-state index is 0.178. The summed E-state index contributed by atoms with van der Waals surface area (Å²) in [5, 5.41) is 32.0. The molecule has 8 heteroatoms. The molecule has 0 aliphatic rings. The van der Waals surface area contributed by atoms with Crippen molar-refractivity contribution in [3.8, 4) is 0 Å². The van der Waals surface area contributed by atoms with Crippen LogP contribution in [0.4, 0.5) is 0 Å². The molecule has 0 spiro atoms. The van der Waals surface area contributed by atoms with E-state index in [4.69, 9.17) is 20.4 Å². The second-order valence-corrected chi connectivity index (χ2v) is 2.81. The van der Waals surface area contributed by atoms with Crippen LogP contribution in [0.15, 0.2) is 23.8 Å². The maximum Gasteiger partial charge on any atom is 0.331 e. The van der Waals surface area contributed by atoms with Crippen molar-refractivity contribution < 1.29 is 39.6 Å². The van der Waals surface area contributed by atoms with E-state index in [2.05, 4.69) is 0 Å². The van der Waals surface area contributed by atoms with E-state index < -0.39 is 23.9 Å². The number of hydrogen-bond donors (Lipinski definition) is 4. The highest BCUT2D eigenvalue weighted by atomic mass is 16.4. The van der Waals surface area contributed by atoms with Gasteiger partial charge in [-0.3, -0.25) is 4.79 Å². The molecule has 0 rings (SSSR count). The van der Waals surface area contributed by atoms with Gasteiger partial charge in [0.05, 0.1) is 6.42 Å². The third-order valence-corrected chi connectivity index (χ3v) is 1.23. The minimum Gasteiger partial charge on any atom is -0.481 e. The van der Waals surface area contributed by atoms with E-state index >= 15 is 0 Å². The van der Waals surface area contributed by atoms with Gasteiger partial charge in [0, 0.05) is 17.7 Å². The Balaban J connectivity index is 0. The summed E-state index contributed by atoms with van der Waals surface area (Å²) in [6.07, 6.45) is 2.27. The highest BCUT2D eigenvalue weighted by Crippen LogP contribution is 1.89. The van der Waals surface area contributed by atoms with E-state index in [1.165, 1.54) is 6.92 Å². The first-order valence-corrected chi connectivity index (χ1v) is 4.42. The summed E-state index contributed by atoms with van der Waals surface area (Å²) in [6, 6.07) is 0. The lowest BCUT2D eigenvalue weighted by Gasteiger charge is -1.86. The molecule has 0 radical (unpaired) electrons. The maximum absolute atomic E-state index is 9.90. The quantitative estimate of drug-likeness (QED) is 0.512. The molecule has 4 N–H and O–H groups in total. The molecule has 0 saturated carbocycles. The summed E-state index contributed by atoms with van der Waals surface area (Å²) in [5.74, 6) is -4.61. The smallest absolute Gasteiger partial charge is 0.331 e. The van der Waals surface area contributed by atoms with E-state index in [1.807, 2.05) is 0 Å². The summed E-state index contributed by atoms with van der Waals surface area (Å²) < 4.78 is 0. The van der Waals surface area contributed by atoms with Crippen LogP contribution in [-0.2, 0) is 19.2 Å². The Labute approximate surface area is 101 Å². The normalized spacial score (nSPS) is 10.4. The molecule has 18 heavy (non-hydrogen) atoms. The van der Waals surface area contributed by atoms with Gasteiger partial charge in [0.2, 0.25) is 0 Å². The molecule has 0 aliphatic heterocycles. The first kappa shape index (κ1) is 17.7. The average molecular weight is 260 g/mol. The van der Waals surface area contributed by atoms with Gasteiger partial charge in [0.15, 0.2) is 0 Å². The highest BCUT2D eigenvalue weighted by molar-refractivity contribution is 5.94. The van der Waals surface area contributed by atoms with E-state index in [0.717, 1.165) is 12.2 Å². The molecule has 8 nitrogen and oxygen atoms in total. The average Bonchev–Trinajstić information content (AvgIpc) is 2.15. The molecule has 0 aromatic rings. The van der Waals surface area contributed by atoms with Crippen molar-refractivity contribution in [3.63, 3.8) is 0 Å². The Morgan fingerprint density at radius 2 is 1.44 bits per heavy atom. The van der Waals surface area contributed by atoms with Crippen molar-refractivity contribution in [1.29, 1.82) is 0 Å². The fraction of sp³-hybridized carbons (Fsp3) is 0.200. The van der Waals surface area contributed by atoms with Crippen LogP contribution in [0.1, 0.15) is 13.3 Å². The zero-order valence-electron chi connectivity index (χ0n) is 9.36. The molecular formula is C10H12O8. The first-order chi connectivity index (χ1) is 8.16. The third kappa shape index (κ3) is 15.8. The summed E-state index contributed by atoms with van der Waals surface area (Å²) in [4.78, 5) is 39.1. The predicted molar refractivity (Wildman–Crippen MR) is 58.1 cm³/mol. The summed E-state index contributed by atoms with van der Waals surface area (Å²) >= 11 is 0. The Kier molecular flexibility index (Phi) is 9.44. The van der Waals surface area contributed by atoms with Crippen LogP contribution < -0.4 is 0 Å². The molecule has 0 unspecified atom stereocenters. The van der Waals surface area contributed by atoms with Gasteiger partial charge in [-0.1, -0.05) is 6.08 Å². The molecule has 0 amide bonds. The van der Waals surface area contributed by atoms with Crippen LogP contribution in [0.5, 0.6) is 0 Å². The van der Waals surface area contributed by atoms with Gasteiger partial charge in [-0.25, -0.2) is 14.4 Å². The lowest BCUT2D eigenvalue weighted by atomic mass is 10.3. The molecule has 100 valence electrons. The van der Waals surface area contributed by atoms with Crippen LogP contribution in [0, 0.1) is 0 Å². The predicted octanol–water partition coefficient (Wildman–Crippen LogP) is 0.204. The van der Waals surface area contributed by atoms with E-state index in [1.54, 1.807) is 0 Å². The summed E-state index contributed by atoms with van der Waals surface area (Å²) in [5.41, 5.74) is -0.178. The minimum atomic E-state index is -1.24. The van der Waals surface area contributed by atoms with Crippen molar-refractivity contribution in [1.82, 2.24) is 0 Å². The summed E-state index contributed by atoms with van der Waals surface area (Å²) in [7, 11) is 0. The van der Waals surface area contributed by atoms with Gasteiger partial charge in [-0.15, -0.1) is 0 Å². The van der Waals surface area contributed by atoms with Gasteiger partial charge in [-0.2, -0.15) is 0 Å². The van der Waals surface area contributed by atoms with E-state index in [0.29, 0.717) is 6.08 Å². The van der Waals surface area contributed by atoms with Crippen LogP contribution in [0.2, 0.25) is 0 Å². The van der Waals surface area contributed by atoms with Gasteiger partial charge in [0.25, 0.3) is 0 Å². The fourth-order valence-electron chi connectivity index (χ4n) is 0.508. The number of carboxylic acids is 4. The zero-order chi connectivity index (χ0) is 14.7. The second kappa shape index (κ2) is 9.58. The monoisotopic (exact) mass is 260 g/mol. The first-order valence-electron chi connectivity index (χ1n) is 4.42. The Hall–Kier alpha value is -2.64. The van der Waals surface area contributed by atoms with Crippen molar-refractivity contribution in [2.75, 3.05) is 0 Å². The van der Waals surface area contributed by atoms with Gasteiger partial charge in [-0.05, 0) is 6.92 Å². The molecule has 0 aromatic heterocycles. The number of aliphatic carboxylic acids is 4. The van der Waals surface area contributed by atoms with E-state index in [-0.39, 0.29) is 12.0 Å². The standard InChI is InChI=1S/2C5H6O4/c1-3(5(8)9)2-4(6)7;6-4(7)2-1-3-5(8)9/h2H,1H3,(H,6,7)(H,8,9);1-2H,3H2,(H,6,7)(H,8,9)/b3-2+;. The molecule has 0 heterocycles. The second-order valence-electron chi connectivity index (χ2n) is 2.81. The largest absolute Gasteiger partial charge is 0.481 e. The van der Waals surface area contributed by atoms with Crippen molar-refractivity contribution in [3.05, 3.63) is 23.8 Å². The van der Waals surface area contributed by atoms with Crippen LogP contribution in [0.3, 0.4) is 0 Å². The maximum atomic E-state index is 9.90. The molecular weight excluding hydrogens is 248 g/mol. The van der Waals surface area contributed by atoms with Gasteiger partial charge < -0.3 is 20.4 Å². The SMILES string of the molecule is C/C(=C\C(=O)O)C(=O)O.O=C(O)C=CCC(=O)O. The number of carbonyl (C=O) groups is 4. The zero-order valence-corrected chi connectivity index (χ0v) is 9.36. The molecule has 0 atom stereocenters. The van der Waals surface area contributed by atoms with E-state index in [9.17, 15) is 19.2 Å². The topological polar surface area (TPSA) is 149 Å². The molecule has 0 aromatic carbocycles. The Morgan fingerprint density at radius 3 is 1.67 bits per heavy atom. The number of hydrogen-bond acceptors (Lipinski definition) is 4. The lowest BCUT2D eigenvalue weighted by Crippen LogP contribution is -1.99.